The molecule has 15 nitrogen and oxygen atoms in total. The molecule has 67 heavy (non-hydrogen) atoms. The van der Waals surface area contributed by atoms with Crippen LogP contribution in [-0.4, -0.2) is 129 Å². The number of benzene rings is 4. The Hall–Kier alpha value is -6.84. The second kappa shape index (κ2) is 20.4. The van der Waals surface area contributed by atoms with Crippen LogP contribution in [0.4, 0.5) is 4.79 Å². The minimum Gasteiger partial charge on any atom is -0.440 e. The molecule has 3 fully saturated rings. The van der Waals surface area contributed by atoms with Crippen molar-refractivity contribution in [1.82, 2.24) is 39.3 Å². The fourth-order valence-corrected chi connectivity index (χ4v) is 10.0. The van der Waals surface area contributed by atoms with Gasteiger partial charge in [0.25, 0.3) is 5.56 Å². The van der Waals surface area contributed by atoms with Crippen molar-refractivity contribution in [2.75, 3.05) is 59.4 Å². The summed E-state index contributed by atoms with van der Waals surface area (Å²) in [5, 5.41) is 9.38. The Morgan fingerprint density at radius 1 is 0.701 bits per heavy atom. The maximum atomic E-state index is 14.6. The highest BCUT2D eigenvalue weighted by atomic mass is 16.5. The van der Waals surface area contributed by atoms with Crippen LogP contribution in [0.1, 0.15) is 69.0 Å². The molecule has 0 spiro atoms. The number of esters is 2. The van der Waals surface area contributed by atoms with E-state index in [0.717, 1.165) is 66.4 Å². The lowest BCUT2D eigenvalue weighted by molar-refractivity contribution is -0.135. The molecule has 1 N–H and O–H groups in total. The Morgan fingerprint density at radius 2 is 1.33 bits per heavy atom. The topological polar surface area (TPSA) is 152 Å². The summed E-state index contributed by atoms with van der Waals surface area (Å²) in [4.78, 5) is 77.1. The summed E-state index contributed by atoms with van der Waals surface area (Å²) in [6.45, 7) is 7.36. The number of rotatable bonds is 12. The number of aryl methyl sites for hydroxylation is 1. The number of nitrogens with one attached hydrogen (secondary N) is 1. The standard InChI is InChI=1S/C52H58N8O7/c1-36-29-37(30-42-33-53-60(47(36)42)35-67-51(64)40-13-7-4-8-14-40)31-45(49(62)57-27-25-56(26-28-57)43-19-21-55(2)22-20-43)54-52(65)58-23-17-38(18-24-58)44-32-41-15-9-10-16-46(41)59(48(44)61)34-66-50(63)39-11-5-3-6-12-39/h3-16,29-30,32-33,38,43,45H,17-28,31,34-35H2,1-2H3,(H,54,65)/t45-/m1/s1. The second-order valence-electron chi connectivity index (χ2n) is 18.1. The molecule has 15 heteroatoms. The van der Waals surface area contributed by atoms with Crippen molar-refractivity contribution in [2.45, 2.75) is 70.5 Å². The number of piperazine rings is 1. The van der Waals surface area contributed by atoms with E-state index in [1.165, 1.54) is 4.57 Å². The number of pyridine rings is 1. The quantitative estimate of drug-likeness (QED) is 0.144. The highest BCUT2D eigenvalue weighted by Gasteiger charge is 2.34. The van der Waals surface area contributed by atoms with Crippen molar-refractivity contribution in [2.24, 2.45) is 0 Å². The maximum Gasteiger partial charge on any atom is 0.339 e. The van der Waals surface area contributed by atoms with E-state index in [2.05, 4.69) is 27.3 Å². The van der Waals surface area contributed by atoms with Crippen LogP contribution in [0.2, 0.25) is 0 Å². The van der Waals surface area contributed by atoms with Gasteiger partial charge in [0.15, 0.2) is 13.5 Å². The molecule has 3 amide bonds. The number of amides is 3. The van der Waals surface area contributed by atoms with Crippen molar-refractivity contribution in [3.05, 3.63) is 147 Å². The lowest BCUT2D eigenvalue weighted by atomic mass is 9.89. The number of nitrogens with zero attached hydrogens (tertiary/aromatic N) is 7. The van der Waals surface area contributed by atoms with Crippen LogP contribution in [0, 0.1) is 6.92 Å². The fourth-order valence-electron chi connectivity index (χ4n) is 10.0. The van der Waals surface area contributed by atoms with E-state index in [9.17, 15) is 24.0 Å². The summed E-state index contributed by atoms with van der Waals surface area (Å²) in [6, 6.07) is 30.3. The molecular weight excluding hydrogens is 849 g/mol. The molecule has 0 bridgehead atoms. The van der Waals surface area contributed by atoms with Crippen LogP contribution in [0.3, 0.4) is 0 Å². The van der Waals surface area contributed by atoms with E-state index in [0.29, 0.717) is 67.3 Å². The third kappa shape index (κ3) is 10.3. The van der Waals surface area contributed by atoms with Gasteiger partial charge in [-0.05, 0) is 118 Å². The minimum absolute atomic E-state index is 0.0595. The van der Waals surface area contributed by atoms with E-state index in [-0.39, 0.29) is 43.3 Å². The molecule has 3 saturated heterocycles. The monoisotopic (exact) mass is 906 g/mol. The first-order valence-corrected chi connectivity index (χ1v) is 23.4. The summed E-state index contributed by atoms with van der Waals surface area (Å²) in [6.07, 6.45) is 5.33. The zero-order chi connectivity index (χ0) is 46.4. The number of likely N-dealkylation sites (tertiary alicyclic amines) is 2. The first-order valence-electron chi connectivity index (χ1n) is 23.4. The molecule has 0 unspecified atom stereocenters. The van der Waals surface area contributed by atoms with Crippen LogP contribution < -0.4 is 10.9 Å². The summed E-state index contributed by atoms with van der Waals surface area (Å²) in [5.41, 5.74) is 4.50. The molecule has 0 radical (unpaired) electrons. The van der Waals surface area contributed by atoms with Crippen molar-refractivity contribution in [3.8, 4) is 0 Å². The minimum atomic E-state index is -0.829. The highest BCUT2D eigenvalue weighted by Crippen LogP contribution is 2.29. The molecule has 0 aliphatic carbocycles. The van der Waals surface area contributed by atoms with Crippen molar-refractivity contribution in [3.63, 3.8) is 0 Å². The number of carbonyl (C=O) groups excluding carboxylic acids is 4. The van der Waals surface area contributed by atoms with Crippen LogP contribution in [0.25, 0.3) is 21.8 Å². The summed E-state index contributed by atoms with van der Waals surface area (Å²) < 4.78 is 14.4. The van der Waals surface area contributed by atoms with Crippen molar-refractivity contribution >= 4 is 45.7 Å². The van der Waals surface area contributed by atoms with Gasteiger partial charge in [0.05, 0.1) is 28.4 Å². The van der Waals surface area contributed by atoms with E-state index >= 15 is 0 Å². The number of fused-ring (bicyclic) bond motifs is 2. The molecule has 0 saturated carbocycles. The number of para-hydroxylation sites is 1. The average Bonchev–Trinajstić information content (AvgIpc) is 3.79. The number of hydrogen-bond acceptors (Lipinski definition) is 10. The van der Waals surface area contributed by atoms with Gasteiger partial charge in [0, 0.05) is 62.7 Å². The molecular formula is C52H58N8O7. The smallest absolute Gasteiger partial charge is 0.339 e. The molecule has 3 aliphatic heterocycles. The molecule has 9 rings (SSSR count). The largest absolute Gasteiger partial charge is 0.440 e. The van der Waals surface area contributed by atoms with Crippen LogP contribution in [-0.2, 0) is 34.2 Å². The average molecular weight is 907 g/mol. The first kappa shape index (κ1) is 45.3. The number of urea groups is 1. The normalized spacial score (nSPS) is 17.1. The van der Waals surface area contributed by atoms with Gasteiger partial charge in [-0.15, -0.1) is 0 Å². The lowest BCUT2D eigenvalue weighted by Crippen LogP contribution is -2.59. The molecule has 1 atom stereocenters. The predicted molar refractivity (Wildman–Crippen MR) is 255 cm³/mol. The Labute approximate surface area is 389 Å². The number of piperidine rings is 2. The van der Waals surface area contributed by atoms with E-state index in [4.69, 9.17) is 9.47 Å². The van der Waals surface area contributed by atoms with Crippen molar-refractivity contribution < 1.29 is 28.7 Å². The van der Waals surface area contributed by atoms with Gasteiger partial charge in [-0.1, -0.05) is 60.7 Å². The Kier molecular flexibility index (Phi) is 13.8. The van der Waals surface area contributed by atoms with E-state index in [1.54, 1.807) is 64.3 Å². The molecule has 348 valence electrons. The maximum absolute atomic E-state index is 14.6. The van der Waals surface area contributed by atoms with Gasteiger partial charge < -0.3 is 29.5 Å². The zero-order valence-electron chi connectivity index (χ0n) is 38.2. The Morgan fingerprint density at radius 3 is 2.00 bits per heavy atom. The number of carbonyl (C=O) groups is 4. The number of hydrogen-bond donors (Lipinski definition) is 1. The SMILES string of the molecule is Cc1cc(C[C@@H](NC(=O)N2CCC(c3cc4ccccc4n(COC(=O)c4ccccc4)c3=O)CC2)C(=O)N2CCN(C3CCN(C)CC3)CC2)cc2cnn(COC(=O)c3ccccc3)c12. The van der Waals surface area contributed by atoms with Gasteiger partial charge in [0.1, 0.15) is 6.04 Å². The van der Waals surface area contributed by atoms with Crippen LogP contribution in [0.5, 0.6) is 0 Å². The van der Waals surface area contributed by atoms with Gasteiger partial charge in [-0.2, -0.15) is 5.10 Å². The van der Waals surface area contributed by atoms with Gasteiger partial charge in [-0.3, -0.25) is 19.1 Å². The second-order valence-corrected chi connectivity index (χ2v) is 18.1. The third-order valence-electron chi connectivity index (χ3n) is 13.8. The third-order valence-corrected chi connectivity index (χ3v) is 13.8. The predicted octanol–water partition coefficient (Wildman–Crippen LogP) is 6.03. The zero-order valence-corrected chi connectivity index (χ0v) is 38.2. The Balaban J connectivity index is 0.893. The van der Waals surface area contributed by atoms with E-state index in [1.807, 2.05) is 66.4 Å². The van der Waals surface area contributed by atoms with Crippen LogP contribution in [0.15, 0.2) is 114 Å². The molecule has 4 aromatic carbocycles. The summed E-state index contributed by atoms with van der Waals surface area (Å²) in [5.74, 6) is -1.20. The lowest BCUT2D eigenvalue weighted by Gasteiger charge is -2.43. The highest BCUT2D eigenvalue weighted by molar-refractivity contribution is 5.90. The van der Waals surface area contributed by atoms with Gasteiger partial charge in [-0.25, -0.2) is 19.1 Å². The first-order chi connectivity index (χ1) is 32.6. The Bertz CT molecular complexity index is 2790. The molecule has 6 aromatic rings. The number of ether oxygens (including phenoxy) is 2. The van der Waals surface area contributed by atoms with Gasteiger partial charge >= 0.3 is 18.0 Å². The summed E-state index contributed by atoms with van der Waals surface area (Å²) >= 11 is 0. The van der Waals surface area contributed by atoms with Crippen LogP contribution >= 0.6 is 0 Å². The fraction of sp³-hybridized carbons (Fsp3) is 0.385. The van der Waals surface area contributed by atoms with E-state index < -0.39 is 18.0 Å². The van der Waals surface area contributed by atoms with Crippen molar-refractivity contribution in [1.29, 1.82) is 0 Å². The molecule has 3 aliphatic rings. The number of aromatic nitrogens is 3. The van der Waals surface area contributed by atoms with Gasteiger partial charge in [0.2, 0.25) is 5.91 Å². The summed E-state index contributed by atoms with van der Waals surface area (Å²) in [7, 11) is 2.16. The molecule has 2 aromatic heterocycles. The molecule has 5 heterocycles.